The predicted octanol–water partition coefficient (Wildman–Crippen LogP) is -4.46. The molecular formula is C12H22O10S. The van der Waals surface area contributed by atoms with E-state index in [-0.39, 0.29) is 5.75 Å². The van der Waals surface area contributed by atoms with Crippen LogP contribution in [0.5, 0.6) is 0 Å². The SMILES string of the molecule is OCC1O[C@@H](O)C(O)C(O)[C@@H]1O[C@@H]1O[C@H](CS)[C@H](O)C(O)C1O. The lowest BCUT2D eigenvalue weighted by atomic mass is 9.97. The summed E-state index contributed by atoms with van der Waals surface area (Å²) < 4.78 is 15.5. The number of aliphatic hydroxyl groups is 7. The zero-order valence-corrected chi connectivity index (χ0v) is 12.9. The quantitative estimate of drug-likeness (QED) is 0.229. The van der Waals surface area contributed by atoms with Crippen molar-refractivity contribution >= 4 is 12.6 Å². The van der Waals surface area contributed by atoms with Crippen molar-refractivity contribution in [3.8, 4) is 0 Å². The Morgan fingerprint density at radius 1 is 0.783 bits per heavy atom. The van der Waals surface area contributed by atoms with Crippen molar-refractivity contribution in [1.29, 1.82) is 0 Å². The molecule has 5 unspecified atom stereocenters. The molecule has 136 valence electrons. The number of aliphatic hydroxyl groups excluding tert-OH is 7. The van der Waals surface area contributed by atoms with E-state index in [0.717, 1.165) is 0 Å². The van der Waals surface area contributed by atoms with Gasteiger partial charge >= 0.3 is 0 Å². The van der Waals surface area contributed by atoms with E-state index in [1.807, 2.05) is 0 Å². The lowest BCUT2D eigenvalue weighted by Crippen LogP contribution is -2.64. The number of hydrogen-bond acceptors (Lipinski definition) is 11. The number of rotatable bonds is 4. The van der Waals surface area contributed by atoms with E-state index in [4.69, 9.17) is 14.2 Å². The Labute approximate surface area is 137 Å². The van der Waals surface area contributed by atoms with Crippen LogP contribution in [0.4, 0.5) is 0 Å². The summed E-state index contributed by atoms with van der Waals surface area (Å²) in [6.07, 6.45) is -14.6. The van der Waals surface area contributed by atoms with E-state index in [0.29, 0.717) is 0 Å². The summed E-state index contributed by atoms with van der Waals surface area (Å²) in [7, 11) is 0. The van der Waals surface area contributed by atoms with Crippen LogP contribution in [-0.4, -0.2) is 110 Å². The fourth-order valence-electron chi connectivity index (χ4n) is 2.57. The molecule has 0 aromatic rings. The summed E-state index contributed by atoms with van der Waals surface area (Å²) >= 11 is 3.96. The van der Waals surface area contributed by atoms with Crippen LogP contribution in [0, 0.1) is 0 Å². The fourth-order valence-corrected chi connectivity index (χ4v) is 2.87. The second-order valence-corrected chi connectivity index (χ2v) is 5.89. The van der Waals surface area contributed by atoms with E-state index in [9.17, 15) is 35.7 Å². The molecule has 0 saturated carbocycles. The average Bonchev–Trinajstić information content (AvgIpc) is 2.55. The molecule has 0 aromatic carbocycles. The zero-order valence-electron chi connectivity index (χ0n) is 12.0. The molecule has 2 fully saturated rings. The smallest absolute Gasteiger partial charge is 0.187 e. The minimum Gasteiger partial charge on any atom is -0.394 e. The molecule has 2 aliphatic heterocycles. The third-order valence-corrected chi connectivity index (χ3v) is 4.34. The summed E-state index contributed by atoms with van der Waals surface area (Å²) in [5.41, 5.74) is 0. The van der Waals surface area contributed by atoms with Crippen molar-refractivity contribution in [1.82, 2.24) is 0 Å². The first-order valence-electron chi connectivity index (χ1n) is 7.08. The largest absolute Gasteiger partial charge is 0.394 e. The number of hydrogen-bond donors (Lipinski definition) is 8. The van der Waals surface area contributed by atoms with Crippen LogP contribution in [0.1, 0.15) is 0 Å². The van der Waals surface area contributed by atoms with Gasteiger partial charge in [-0.05, 0) is 0 Å². The van der Waals surface area contributed by atoms with Crippen LogP contribution >= 0.6 is 12.6 Å². The van der Waals surface area contributed by atoms with Crippen molar-refractivity contribution in [2.75, 3.05) is 12.4 Å². The van der Waals surface area contributed by atoms with Gasteiger partial charge in [0.25, 0.3) is 0 Å². The molecule has 0 aromatic heterocycles. The third kappa shape index (κ3) is 3.80. The van der Waals surface area contributed by atoms with Crippen molar-refractivity contribution in [2.24, 2.45) is 0 Å². The van der Waals surface area contributed by atoms with Crippen LogP contribution < -0.4 is 0 Å². The maximum absolute atomic E-state index is 9.98. The average molecular weight is 358 g/mol. The molecule has 2 heterocycles. The molecular weight excluding hydrogens is 336 g/mol. The standard InChI is InChI=1S/C12H22O10S/c13-1-3-10(7(16)8(17)11(19)20-3)22-12-9(18)6(15)5(14)4(2-23)21-12/h3-19,23H,1-2H2/t3?,4-,5+,6?,7?,8?,9?,10-,11-,12+/m1/s1. The van der Waals surface area contributed by atoms with Crippen LogP contribution in [0.15, 0.2) is 0 Å². The Balaban J connectivity index is 2.11. The van der Waals surface area contributed by atoms with Crippen LogP contribution in [0.3, 0.4) is 0 Å². The van der Waals surface area contributed by atoms with Crippen molar-refractivity contribution in [3.63, 3.8) is 0 Å². The first-order chi connectivity index (χ1) is 10.8. The normalized spacial score (nSPS) is 51.7. The molecule has 0 bridgehead atoms. The zero-order chi connectivity index (χ0) is 17.3. The predicted molar refractivity (Wildman–Crippen MR) is 75.4 cm³/mol. The van der Waals surface area contributed by atoms with Gasteiger partial charge in [-0.3, -0.25) is 0 Å². The van der Waals surface area contributed by atoms with Gasteiger partial charge in [-0.15, -0.1) is 0 Å². The van der Waals surface area contributed by atoms with Gasteiger partial charge in [0.1, 0.15) is 42.7 Å². The minimum absolute atomic E-state index is 0.0271. The van der Waals surface area contributed by atoms with Gasteiger partial charge in [0, 0.05) is 5.75 Å². The van der Waals surface area contributed by atoms with E-state index < -0.39 is 68.0 Å². The molecule has 0 radical (unpaired) electrons. The Hall–Kier alpha value is -0.0500. The molecule has 10 atom stereocenters. The Morgan fingerprint density at radius 2 is 1.43 bits per heavy atom. The highest BCUT2D eigenvalue weighted by Gasteiger charge is 2.49. The molecule has 0 spiro atoms. The van der Waals surface area contributed by atoms with E-state index >= 15 is 0 Å². The van der Waals surface area contributed by atoms with Gasteiger partial charge in [0.15, 0.2) is 12.6 Å². The summed E-state index contributed by atoms with van der Waals surface area (Å²) in [5, 5.41) is 67.7. The molecule has 11 heteroatoms. The lowest BCUT2D eigenvalue weighted by Gasteiger charge is -2.45. The molecule has 23 heavy (non-hydrogen) atoms. The van der Waals surface area contributed by atoms with Gasteiger partial charge in [-0.1, -0.05) is 0 Å². The molecule has 0 aliphatic carbocycles. The van der Waals surface area contributed by atoms with E-state index in [2.05, 4.69) is 12.6 Å². The number of ether oxygens (including phenoxy) is 3. The van der Waals surface area contributed by atoms with Gasteiger partial charge in [-0.25, -0.2) is 0 Å². The Kier molecular flexibility index (Phi) is 6.61. The first-order valence-corrected chi connectivity index (χ1v) is 7.71. The third-order valence-electron chi connectivity index (χ3n) is 3.98. The van der Waals surface area contributed by atoms with Gasteiger partial charge in [0.2, 0.25) is 0 Å². The summed E-state index contributed by atoms with van der Waals surface area (Å²) in [4.78, 5) is 0. The molecule has 10 nitrogen and oxygen atoms in total. The molecule has 0 amide bonds. The lowest BCUT2D eigenvalue weighted by molar-refractivity contribution is -0.351. The highest BCUT2D eigenvalue weighted by atomic mass is 32.1. The van der Waals surface area contributed by atoms with Crippen molar-refractivity contribution < 1.29 is 50.0 Å². The fraction of sp³-hybridized carbons (Fsp3) is 1.00. The maximum Gasteiger partial charge on any atom is 0.187 e. The summed E-state index contributed by atoms with van der Waals surface area (Å²) in [5.74, 6) is 0.0271. The van der Waals surface area contributed by atoms with Crippen LogP contribution in [0.25, 0.3) is 0 Å². The monoisotopic (exact) mass is 358 g/mol. The van der Waals surface area contributed by atoms with Crippen LogP contribution in [0.2, 0.25) is 0 Å². The van der Waals surface area contributed by atoms with Crippen molar-refractivity contribution in [2.45, 2.75) is 61.4 Å². The second kappa shape index (κ2) is 7.89. The molecule has 2 aliphatic rings. The second-order valence-electron chi connectivity index (χ2n) is 5.53. The van der Waals surface area contributed by atoms with E-state index in [1.54, 1.807) is 0 Å². The van der Waals surface area contributed by atoms with Gasteiger partial charge < -0.3 is 50.0 Å². The van der Waals surface area contributed by atoms with Crippen molar-refractivity contribution in [3.05, 3.63) is 0 Å². The van der Waals surface area contributed by atoms with Crippen LogP contribution in [-0.2, 0) is 14.2 Å². The topological polar surface area (TPSA) is 169 Å². The summed E-state index contributed by atoms with van der Waals surface area (Å²) in [6.45, 7) is -0.643. The van der Waals surface area contributed by atoms with Gasteiger partial charge in [-0.2, -0.15) is 12.6 Å². The van der Waals surface area contributed by atoms with Gasteiger partial charge in [0.05, 0.1) is 12.7 Å². The highest BCUT2D eigenvalue weighted by Crippen LogP contribution is 2.28. The Morgan fingerprint density at radius 3 is 2.00 bits per heavy atom. The first kappa shape index (κ1) is 19.3. The maximum atomic E-state index is 9.98. The molecule has 7 N–H and O–H groups in total. The summed E-state index contributed by atoms with van der Waals surface area (Å²) in [6, 6.07) is 0. The Bertz CT molecular complexity index is 383. The van der Waals surface area contributed by atoms with E-state index in [1.165, 1.54) is 0 Å². The highest BCUT2D eigenvalue weighted by molar-refractivity contribution is 7.80. The number of thiol groups is 1. The molecule has 2 saturated heterocycles. The minimum atomic E-state index is -1.71. The molecule has 2 rings (SSSR count).